The molecule has 196 valence electrons. The Morgan fingerprint density at radius 2 is 2.00 bits per heavy atom. The molecule has 1 aliphatic heterocycles. The molecule has 4 aromatic rings. The number of H-pyrrole nitrogens is 1. The summed E-state index contributed by atoms with van der Waals surface area (Å²) >= 11 is 0. The second-order valence-corrected chi connectivity index (χ2v) is 10.7. The van der Waals surface area contributed by atoms with E-state index in [1.54, 1.807) is 31.2 Å². The van der Waals surface area contributed by atoms with Gasteiger partial charge in [-0.2, -0.15) is 4.98 Å². The van der Waals surface area contributed by atoms with E-state index in [4.69, 9.17) is 0 Å². The smallest absolute Gasteiger partial charge is 0.347 e. The van der Waals surface area contributed by atoms with Gasteiger partial charge in [-0.3, -0.25) is 4.98 Å². The topological polar surface area (TPSA) is 61.9 Å². The van der Waals surface area contributed by atoms with Crippen LogP contribution in [0.2, 0.25) is 0 Å². The lowest BCUT2D eigenvalue weighted by Gasteiger charge is -2.24. The number of benzene rings is 2. The third kappa shape index (κ3) is 3.89. The van der Waals surface area contributed by atoms with E-state index in [-0.39, 0.29) is 22.7 Å². The molecule has 4 atom stereocenters. The Balaban J connectivity index is 1.59. The van der Waals surface area contributed by atoms with Gasteiger partial charge in [0, 0.05) is 29.9 Å². The molecule has 1 saturated carbocycles. The highest BCUT2D eigenvalue weighted by atomic mass is 19.2. The minimum absolute atomic E-state index is 0.0140. The zero-order valence-electron chi connectivity index (χ0n) is 21.4. The van der Waals surface area contributed by atoms with E-state index in [2.05, 4.69) is 26.4 Å². The summed E-state index contributed by atoms with van der Waals surface area (Å²) in [6, 6.07) is 6.41. The van der Waals surface area contributed by atoms with Gasteiger partial charge in [-0.1, -0.05) is 44.5 Å². The van der Waals surface area contributed by atoms with Crippen molar-refractivity contribution < 1.29 is 13.2 Å². The Morgan fingerprint density at radius 3 is 2.79 bits per heavy atom. The van der Waals surface area contributed by atoms with Crippen LogP contribution in [0.5, 0.6) is 0 Å². The van der Waals surface area contributed by atoms with Crippen molar-refractivity contribution >= 4 is 27.5 Å². The van der Waals surface area contributed by atoms with Gasteiger partial charge in [0.25, 0.3) is 0 Å². The Morgan fingerprint density at radius 1 is 1.18 bits per heavy atom. The summed E-state index contributed by atoms with van der Waals surface area (Å²) in [5.74, 6) is -2.21. The first-order chi connectivity index (χ1) is 18.3. The van der Waals surface area contributed by atoms with Crippen molar-refractivity contribution in [3.05, 3.63) is 76.6 Å². The summed E-state index contributed by atoms with van der Waals surface area (Å²) in [6.07, 6.45) is 7.53. The van der Waals surface area contributed by atoms with Crippen LogP contribution < -0.4 is 10.6 Å². The molecule has 5 nitrogen and oxygen atoms in total. The van der Waals surface area contributed by atoms with Gasteiger partial charge in [0.05, 0.1) is 10.9 Å². The lowest BCUT2D eigenvalue weighted by Crippen LogP contribution is -2.30. The van der Waals surface area contributed by atoms with Gasteiger partial charge in [-0.15, -0.1) is 6.58 Å². The number of hydrogen-bond acceptors (Lipinski definition) is 4. The molecule has 0 spiro atoms. The molecule has 2 aromatic carbocycles. The fraction of sp³-hybridized carbons (Fsp3) is 0.367. The molecule has 2 aliphatic rings. The molecule has 2 fully saturated rings. The number of nitrogens with zero attached hydrogens (tertiary/aromatic N) is 3. The van der Waals surface area contributed by atoms with Crippen LogP contribution in [0, 0.1) is 29.3 Å². The van der Waals surface area contributed by atoms with Gasteiger partial charge < -0.3 is 9.88 Å². The average molecular weight is 519 g/mol. The molecular formula is C30H29F3N4O. The highest BCUT2D eigenvalue weighted by Gasteiger charge is 2.43. The highest BCUT2D eigenvalue weighted by molar-refractivity contribution is 6.01. The van der Waals surface area contributed by atoms with Crippen molar-refractivity contribution in [3.63, 3.8) is 0 Å². The maximum Gasteiger partial charge on any atom is 0.347 e. The van der Waals surface area contributed by atoms with Crippen LogP contribution in [0.15, 0.2) is 47.9 Å². The van der Waals surface area contributed by atoms with Gasteiger partial charge in [0.2, 0.25) is 0 Å². The minimum Gasteiger partial charge on any atom is -0.353 e. The molecule has 2 aromatic heterocycles. The minimum atomic E-state index is -0.965. The summed E-state index contributed by atoms with van der Waals surface area (Å²) in [6.45, 7) is 8.23. The fourth-order valence-corrected chi connectivity index (χ4v) is 6.04. The van der Waals surface area contributed by atoms with Crippen LogP contribution in [0.1, 0.15) is 51.0 Å². The van der Waals surface area contributed by atoms with Crippen LogP contribution in [0.25, 0.3) is 32.9 Å². The van der Waals surface area contributed by atoms with Crippen molar-refractivity contribution in [1.29, 1.82) is 0 Å². The number of rotatable bonds is 5. The van der Waals surface area contributed by atoms with Crippen LogP contribution in [-0.4, -0.2) is 27.5 Å². The number of hydrogen-bond donors (Lipinski definition) is 1. The standard InChI is InChI=1S/C30H29F3N4O/c1-4-15(2)16(3)23-24-18(12-21(31)25(23)32)9-7-10-19(24)27-26(33)28-20(14-34-27)29(36-30(38)35-28)37-11-6-5-8-17-13-22(17)37/h4,7,9-10,12,14-17,22H,1,5-6,8,11,13H2,2-3H3,(H,35,36,38)/t15?,16?,17-,22+/m0/s1. The van der Waals surface area contributed by atoms with Crippen LogP contribution in [0.4, 0.5) is 19.0 Å². The van der Waals surface area contributed by atoms with E-state index in [0.717, 1.165) is 38.3 Å². The number of aromatic nitrogens is 3. The first-order valence-electron chi connectivity index (χ1n) is 13.2. The third-order valence-corrected chi connectivity index (χ3v) is 8.45. The third-order valence-electron chi connectivity index (χ3n) is 8.45. The first kappa shape index (κ1) is 24.6. The number of fused-ring (bicyclic) bond motifs is 3. The quantitative estimate of drug-likeness (QED) is 0.293. The Kier molecular flexibility index (Phi) is 6.00. The predicted octanol–water partition coefficient (Wildman–Crippen LogP) is 6.86. The number of aromatic amines is 1. The molecule has 0 bridgehead atoms. The molecule has 1 aliphatic carbocycles. The van der Waals surface area contributed by atoms with Crippen molar-refractivity contribution in [3.8, 4) is 11.3 Å². The summed E-state index contributed by atoms with van der Waals surface area (Å²) in [4.78, 5) is 26.0. The van der Waals surface area contributed by atoms with Crippen molar-refractivity contribution in [2.75, 3.05) is 11.4 Å². The number of allylic oxidation sites excluding steroid dienone is 1. The number of pyridine rings is 1. The summed E-state index contributed by atoms with van der Waals surface area (Å²) < 4.78 is 46.2. The van der Waals surface area contributed by atoms with E-state index in [1.807, 2.05) is 6.92 Å². The molecule has 1 saturated heterocycles. The van der Waals surface area contributed by atoms with Crippen molar-refractivity contribution in [2.24, 2.45) is 11.8 Å². The van der Waals surface area contributed by atoms with Gasteiger partial charge in [-0.05, 0) is 53.9 Å². The lowest BCUT2D eigenvalue weighted by molar-refractivity contribution is 0.479. The fourth-order valence-electron chi connectivity index (χ4n) is 6.04. The van der Waals surface area contributed by atoms with E-state index < -0.39 is 29.1 Å². The molecular weight excluding hydrogens is 489 g/mol. The molecule has 8 heteroatoms. The highest BCUT2D eigenvalue weighted by Crippen LogP contribution is 2.45. The molecule has 6 rings (SSSR count). The molecule has 38 heavy (non-hydrogen) atoms. The Hall–Kier alpha value is -3.68. The van der Waals surface area contributed by atoms with Crippen LogP contribution in [0.3, 0.4) is 0 Å². The summed E-state index contributed by atoms with van der Waals surface area (Å²) in [7, 11) is 0. The van der Waals surface area contributed by atoms with E-state index in [1.165, 1.54) is 6.20 Å². The predicted molar refractivity (Wildman–Crippen MR) is 144 cm³/mol. The maximum absolute atomic E-state index is 16.3. The maximum atomic E-state index is 16.3. The molecule has 3 heterocycles. The monoisotopic (exact) mass is 518 g/mol. The van der Waals surface area contributed by atoms with Crippen LogP contribution in [-0.2, 0) is 0 Å². The first-order valence-corrected chi connectivity index (χ1v) is 13.2. The van der Waals surface area contributed by atoms with Gasteiger partial charge in [0.15, 0.2) is 17.5 Å². The molecule has 2 unspecified atom stereocenters. The van der Waals surface area contributed by atoms with E-state index in [9.17, 15) is 9.18 Å². The summed E-state index contributed by atoms with van der Waals surface area (Å²) in [5, 5.41) is 1.27. The zero-order valence-corrected chi connectivity index (χ0v) is 21.4. The summed E-state index contributed by atoms with van der Waals surface area (Å²) in [5.41, 5.74) is -0.181. The van der Waals surface area contributed by atoms with Gasteiger partial charge in [-0.25, -0.2) is 18.0 Å². The van der Waals surface area contributed by atoms with Gasteiger partial charge >= 0.3 is 5.69 Å². The second-order valence-electron chi connectivity index (χ2n) is 10.7. The van der Waals surface area contributed by atoms with Crippen LogP contribution >= 0.6 is 0 Å². The lowest BCUT2D eigenvalue weighted by atomic mass is 9.83. The van der Waals surface area contributed by atoms with E-state index in [0.29, 0.717) is 39.5 Å². The largest absolute Gasteiger partial charge is 0.353 e. The molecule has 1 N–H and O–H groups in total. The number of halogens is 3. The number of anilines is 1. The zero-order chi connectivity index (χ0) is 26.7. The SMILES string of the molecule is C=CC(C)C(C)c1c(F)c(F)cc2cccc(-c3ncc4c(N5CCCC[C@H]6C[C@H]65)nc(=O)[nH]c4c3F)c12. The van der Waals surface area contributed by atoms with Crippen molar-refractivity contribution in [1.82, 2.24) is 15.0 Å². The molecule has 0 radical (unpaired) electrons. The van der Waals surface area contributed by atoms with Gasteiger partial charge in [0.1, 0.15) is 11.5 Å². The van der Waals surface area contributed by atoms with E-state index >= 15 is 8.78 Å². The Labute approximate surface area is 218 Å². The van der Waals surface area contributed by atoms with Crippen molar-refractivity contribution in [2.45, 2.75) is 51.5 Å². The normalized spacial score (nSPS) is 20.7. The average Bonchev–Trinajstić information content (AvgIpc) is 3.69. The second kappa shape index (κ2) is 9.26. The number of nitrogens with one attached hydrogen (secondary N) is 1. The Bertz CT molecular complexity index is 1650. The molecule has 0 amide bonds.